The highest BCUT2D eigenvalue weighted by atomic mass is 19.1. The lowest BCUT2D eigenvalue weighted by Gasteiger charge is -2.27. The standard InChI is InChI=1S/C16H19F2N3O2/c17-12-7-10(15-16(22)14(19)1-2-20-15)8-13(18)11(12)9-21-3-5-23-6-4-21/h1,7-8,20,22H,2-6,9,19H2. The van der Waals surface area contributed by atoms with E-state index in [1.807, 2.05) is 4.90 Å². The first-order valence-electron chi connectivity index (χ1n) is 7.48. The van der Waals surface area contributed by atoms with Crippen LogP contribution in [0.1, 0.15) is 11.1 Å². The molecule has 0 radical (unpaired) electrons. The molecule has 2 aliphatic heterocycles. The maximum absolute atomic E-state index is 14.4. The Kier molecular flexibility index (Phi) is 4.49. The van der Waals surface area contributed by atoms with Crippen molar-refractivity contribution in [1.29, 1.82) is 0 Å². The van der Waals surface area contributed by atoms with Crippen LogP contribution in [0.5, 0.6) is 0 Å². The highest BCUT2D eigenvalue weighted by molar-refractivity contribution is 5.70. The molecule has 0 aromatic heterocycles. The molecule has 124 valence electrons. The average molecular weight is 323 g/mol. The van der Waals surface area contributed by atoms with E-state index in [0.717, 1.165) is 0 Å². The van der Waals surface area contributed by atoms with Gasteiger partial charge in [0.15, 0.2) is 5.76 Å². The highest BCUT2D eigenvalue weighted by Crippen LogP contribution is 2.25. The second-order valence-corrected chi connectivity index (χ2v) is 5.57. The molecule has 0 amide bonds. The van der Waals surface area contributed by atoms with Gasteiger partial charge < -0.3 is 20.9 Å². The van der Waals surface area contributed by atoms with Crippen LogP contribution in [-0.4, -0.2) is 42.9 Å². The van der Waals surface area contributed by atoms with Gasteiger partial charge in [-0.2, -0.15) is 0 Å². The summed E-state index contributed by atoms with van der Waals surface area (Å²) >= 11 is 0. The number of aliphatic hydroxyl groups is 1. The molecule has 7 heteroatoms. The van der Waals surface area contributed by atoms with Gasteiger partial charge in [-0.05, 0) is 18.2 Å². The van der Waals surface area contributed by atoms with Crippen LogP contribution in [0.2, 0.25) is 0 Å². The summed E-state index contributed by atoms with van der Waals surface area (Å²) in [6.07, 6.45) is 1.60. The molecular weight excluding hydrogens is 304 g/mol. The molecule has 0 atom stereocenters. The van der Waals surface area contributed by atoms with E-state index < -0.39 is 11.6 Å². The number of ether oxygens (including phenoxy) is 1. The van der Waals surface area contributed by atoms with Crippen molar-refractivity contribution in [2.45, 2.75) is 6.54 Å². The summed E-state index contributed by atoms with van der Waals surface area (Å²) in [4.78, 5) is 1.95. The molecule has 0 spiro atoms. The Morgan fingerprint density at radius 3 is 2.52 bits per heavy atom. The molecule has 1 aromatic carbocycles. The summed E-state index contributed by atoms with van der Waals surface area (Å²) < 4.78 is 34.0. The molecule has 4 N–H and O–H groups in total. The van der Waals surface area contributed by atoms with Crippen molar-refractivity contribution in [2.24, 2.45) is 5.73 Å². The first kappa shape index (κ1) is 15.8. The smallest absolute Gasteiger partial charge is 0.162 e. The van der Waals surface area contributed by atoms with Crippen molar-refractivity contribution < 1.29 is 18.6 Å². The molecule has 1 aromatic rings. The number of rotatable bonds is 3. The van der Waals surface area contributed by atoms with Gasteiger partial charge in [-0.1, -0.05) is 0 Å². The first-order valence-corrected chi connectivity index (χ1v) is 7.48. The fourth-order valence-electron chi connectivity index (χ4n) is 2.71. The lowest BCUT2D eigenvalue weighted by atomic mass is 10.0. The van der Waals surface area contributed by atoms with Crippen molar-refractivity contribution in [3.05, 3.63) is 52.4 Å². The SMILES string of the molecule is NC1=CCNC(c2cc(F)c(CN3CCOCC3)c(F)c2)=C1O. The lowest BCUT2D eigenvalue weighted by Crippen LogP contribution is -2.36. The van der Waals surface area contributed by atoms with Gasteiger partial charge in [0, 0.05) is 37.3 Å². The van der Waals surface area contributed by atoms with Gasteiger partial charge in [-0.25, -0.2) is 8.78 Å². The number of hydrogen-bond donors (Lipinski definition) is 3. The molecular formula is C16H19F2N3O2. The monoisotopic (exact) mass is 323 g/mol. The van der Waals surface area contributed by atoms with E-state index in [0.29, 0.717) is 32.8 Å². The van der Waals surface area contributed by atoms with E-state index in [4.69, 9.17) is 10.5 Å². The number of dihydropyridines is 1. The van der Waals surface area contributed by atoms with Crippen molar-refractivity contribution in [3.8, 4) is 0 Å². The van der Waals surface area contributed by atoms with Gasteiger partial charge in [-0.15, -0.1) is 0 Å². The van der Waals surface area contributed by atoms with Gasteiger partial charge >= 0.3 is 0 Å². The predicted octanol–water partition coefficient (Wildman–Crippen LogP) is 1.47. The van der Waals surface area contributed by atoms with Crippen LogP contribution in [-0.2, 0) is 11.3 Å². The van der Waals surface area contributed by atoms with Gasteiger partial charge in [0.05, 0.1) is 24.6 Å². The average Bonchev–Trinajstić information content (AvgIpc) is 2.54. The number of aliphatic hydroxyl groups excluding tert-OH is 1. The van der Waals surface area contributed by atoms with Crippen molar-refractivity contribution in [3.63, 3.8) is 0 Å². The largest absolute Gasteiger partial charge is 0.504 e. The third kappa shape index (κ3) is 3.30. The molecule has 2 aliphatic rings. The minimum Gasteiger partial charge on any atom is -0.504 e. The summed E-state index contributed by atoms with van der Waals surface area (Å²) in [5.41, 5.74) is 6.33. The van der Waals surface area contributed by atoms with Crippen LogP contribution in [0.25, 0.3) is 5.70 Å². The first-order chi connectivity index (χ1) is 11.1. The summed E-state index contributed by atoms with van der Waals surface area (Å²) in [6.45, 7) is 3.02. The Hall–Kier alpha value is -2.12. The second-order valence-electron chi connectivity index (χ2n) is 5.57. The minimum absolute atomic E-state index is 0.0232. The van der Waals surface area contributed by atoms with E-state index in [-0.39, 0.29) is 34.8 Å². The van der Waals surface area contributed by atoms with Crippen LogP contribution in [0.4, 0.5) is 8.78 Å². The molecule has 1 saturated heterocycles. The van der Waals surface area contributed by atoms with E-state index in [1.165, 1.54) is 12.1 Å². The lowest BCUT2D eigenvalue weighted by molar-refractivity contribution is 0.0332. The highest BCUT2D eigenvalue weighted by Gasteiger charge is 2.20. The summed E-state index contributed by atoms with van der Waals surface area (Å²) in [7, 11) is 0. The number of halogens is 2. The van der Waals surface area contributed by atoms with Gasteiger partial charge in [0.25, 0.3) is 0 Å². The van der Waals surface area contributed by atoms with E-state index in [9.17, 15) is 13.9 Å². The summed E-state index contributed by atoms with van der Waals surface area (Å²) in [5, 5.41) is 12.8. The van der Waals surface area contributed by atoms with Crippen molar-refractivity contribution in [1.82, 2.24) is 10.2 Å². The fourth-order valence-corrected chi connectivity index (χ4v) is 2.71. The number of nitrogens with one attached hydrogen (secondary N) is 1. The zero-order valence-corrected chi connectivity index (χ0v) is 12.6. The number of nitrogens with zero attached hydrogens (tertiary/aromatic N) is 1. The third-order valence-corrected chi connectivity index (χ3v) is 4.03. The summed E-state index contributed by atoms with van der Waals surface area (Å²) in [5.74, 6) is -1.47. The van der Waals surface area contributed by atoms with Crippen molar-refractivity contribution in [2.75, 3.05) is 32.8 Å². The molecule has 0 aliphatic carbocycles. The zero-order valence-electron chi connectivity index (χ0n) is 12.6. The fraction of sp³-hybridized carbons (Fsp3) is 0.375. The molecule has 3 rings (SSSR count). The molecule has 1 fully saturated rings. The van der Waals surface area contributed by atoms with Gasteiger partial charge in [-0.3, -0.25) is 4.90 Å². The van der Waals surface area contributed by atoms with E-state index in [2.05, 4.69) is 5.32 Å². The topological polar surface area (TPSA) is 70.8 Å². The molecule has 0 unspecified atom stereocenters. The Bertz CT molecular complexity index is 644. The number of nitrogens with two attached hydrogens (primary N) is 1. The number of morpholine rings is 1. The van der Waals surface area contributed by atoms with Crippen LogP contribution < -0.4 is 11.1 Å². The second kappa shape index (κ2) is 6.55. The third-order valence-electron chi connectivity index (χ3n) is 4.03. The zero-order chi connectivity index (χ0) is 16.4. The molecule has 5 nitrogen and oxygen atoms in total. The number of benzene rings is 1. The number of hydrogen-bond acceptors (Lipinski definition) is 5. The molecule has 0 bridgehead atoms. The normalized spacial score (nSPS) is 19.5. The van der Waals surface area contributed by atoms with Gasteiger partial charge in [0.1, 0.15) is 11.6 Å². The van der Waals surface area contributed by atoms with Crippen LogP contribution in [0.3, 0.4) is 0 Å². The molecule has 0 saturated carbocycles. The Labute approximate surface area is 133 Å². The van der Waals surface area contributed by atoms with Crippen LogP contribution >= 0.6 is 0 Å². The maximum atomic E-state index is 14.4. The van der Waals surface area contributed by atoms with Crippen molar-refractivity contribution >= 4 is 5.70 Å². The summed E-state index contributed by atoms with van der Waals surface area (Å²) in [6, 6.07) is 2.44. The van der Waals surface area contributed by atoms with E-state index >= 15 is 0 Å². The van der Waals surface area contributed by atoms with Crippen LogP contribution in [0, 0.1) is 11.6 Å². The van der Waals surface area contributed by atoms with Crippen LogP contribution in [0.15, 0.2) is 29.7 Å². The Balaban J connectivity index is 1.88. The Morgan fingerprint density at radius 1 is 1.22 bits per heavy atom. The Morgan fingerprint density at radius 2 is 1.87 bits per heavy atom. The minimum atomic E-state index is -0.637. The molecule has 2 heterocycles. The molecule has 23 heavy (non-hydrogen) atoms. The quantitative estimate of drug-likeness (QED) is 0.786. The van der Waals surface area contributed by atoms with E-state index in [1.54, 1.807) is 6.08 Å². The maximum Gasteiger partial charge on any atom is 0.162 e. The predicted molar refractivity (Wildman–Crippen MR) is 82.3 cm³/mol. The van der Waals surface area contributed by atoms with Gasteiger partial charge in [0.2, 0.25) is 0 Å².